The third-order valence-electron chi connectivity index (χ3n) is 4.07. The van der Waals surface area contributed by atoms with Crippen molar-refractivity contribution in [1.29, 1.82) is 0 Å². The van der Waals surface area contributed by atoms with Crippen molar-refractivity contribution in [1.82, 2.24) is 9.97 Å². The highest BCUT2D eigenvalue weighted by atomic mass is 16.6. The molecule has 1 aromatic carbocycles. The molecule has 158 valence electrons. The van der Waals surface area contributed by atoms with Crippen LogP contribution in [0, 0.1) is 10.1 Å². The minimum Gasteiger partial charge on any atom is -0.490 e. The number of nitrogen functional groups attached to an aromatic ring is 1. The number of nitro groups is 1. The van der Waals surface area contributed by atoms with E-state index in [9.17, 15) is 14.9 Å². The summed E-state index contributed by atoms with van der Waals surface area (Å²) in [4.78, 5) is 32.6. The molecule has 2 N–H and O–H groups in total. The standard InChI is InChI=1S/C19H21N5O6/c1-2-28-19(25)23-12-13-7-6-8-14(11-13)29-9-4-3-5-10-30-18-21-16(20)15(24(26)27)17(23)22-18/h3-4,6-8,11H,2,5,9-10,12H2,1H3,(H2,20,21,22)/b4-3+. The van der Waals surface area contributed by atoms with Crippen molar-refractivity contribution in [2.24, 2.45) is 0 Å². The van der Waals surface area contributed by atoms with Crippen LogP contribution < -0.4 is 20.1 Å². The topological polar surface area (TPSA) is 143 Å². The predicted molar refractivity (Wildman–Crippen MR) is 107 cm³/mol. The Labute approximate surface area is 172 Å². The van der Waals surface area contributed by atoms with Crippen LogP contribution >= 0.6 is 0 Å². The number of ether oxygens (including phenoxy) is 3. The number of carbonyl (C=O) groups is 1. The maximum atomic E-state index is 12.7. The maximum absolute atomic E-state index is 12.7. The fraction of sp³-hybridized carbons (Fsp3) is 0.316. The zero-order valence-electron chi connectivity index (χ0n) is 16.3. The van der Waals surface area contributed by atoms with Crippen LogP contribution in [0.15, 0.2) is 36.4 Å². The second-order valence-corrected chi connectivity index (χ2v) is 6.17. The van der Waals surface area contributed by atoms with Crippen molar-refractivity contribution < 1.29 is 23.9 Å². The molecule has 30 heavy (non-hydrogen) atoms. The molecular weight excluding hydrogens is 394 g/mol. The van der Waals surface area contributed by atoms with Crippen LogP contribution in [0.2, 0.25) is 0 Å². The minimum atomic E-state index is -0.818. The summed E-state index contributed by atoms with van der Waals surface area (Å²) in [5.41, 5.74) is 5.85. The molecule has 11 nitrogen and oxygen atoms in total. The molecule has 2 aromatic rings. The van der Waals surface area contributed by atoms with Crippen molar-refractivity contribution in [3.63, 3.8) is 0 Å². The minimum absolute atomic E-state index is 0.0669. The van der Waals surface area contributed by atoms with Gasteiger partial charge in [-0.15, -0.1) is 0 Å². The summed E-state index contributed by atoms with van der Waals surface area (Å²) >= 11 is 0. The number of amides is 1. The Morgan fingerprint density at radius 1 is 1.33 bits per heavy atom. The number of nitrogens with zero attached hydrogens (tertiary/aromatic N) is 4. The van der Waals surface area contributed by atoms with E-state index in [0.29, 0.717) is 24.3 Å². The van der Waals surface area contributed by atoms with Gasteiger partial charge in [-0.3, -0.25) is 15.0 Å². The Morgan fingerprint density at radius 2 is 2.17 bits per heavy atom. The average molecular weight is 415 g/mol. The molecule has 0 aliphatic carbocycles. The quantitative estimate of drug-likeness (QED) is 0.445. The number of benzene rings is 1. The van der Waals surface area contributed by atoms with Crippen molar-refractivity contribution in [3.8, 4) is 11.8 Å². The largest absolute Gasteiger partial charge is 0.490 e. The number of carbonyl (C=O) groups excluding carboxylic acids is 1. The lowest BCUT2D eigenvalue weighted by Gasteiger charge is -2.21. The van der Waals surface area contributed by atoms with Crippen LogP contribution in [0.25, 0.3) is 0 Å². The van der Waals surface area contributed by atoms with Crippen LogP contribution in [0.4, 0.5) is 22.1 Å². The summed E-state index contributed by atoms with van der Waals surface area (Å²) in [7, 11) is 0. The lowest BCUT2D eigenvalue weighted by molar-refractivity contribution is -0.383. The van der Waals surface area contributed by atoms with E-state index in [1.165, 1.54) is 0 Å². The Kier molecular flexibility index (Phi) is 6.63. The molecule has 1 aliphatic heterocycles. The van der Waals surface area contributed by atoms with E-state index in [4.69, 9.17) is 19.9 Å². The van der Waals surface area contributed by atoms with Crippen LogP contribution in [0.5, 0.6) is 11.8 Å². The highest BCUT2D eigenvalue weighted by Gasteiger charge is 2.32. The Morgan fingerprint density at radius 3 is 2.93 bits per heavy atom. The smallest absolute Gasteiger partial charge is 0.415 e. The second-order valence-electron chi connectivity index (χ2n) is 6.17. The Hall–Kier alpha value is -3.89. The average Bonchev–Trinajstić information content (AvgIpc) is 2.70. The van der Waals surface area contributed by atoms with Crippen molar-refractivity contribution in [2.75, 3.05) is 30.5 Å². The Bertz CT molecular complexity index is 964. The van der Waals surface area contributed by atoms with E-state index in [1.54, 1.807) is 31.2 Å². The molecule has 0 saturated heterocycles. The zero-order chi connectivity index (χ0) is 21.5. The molecule has 1 amide bonds. The monoisotopic (exact) mass is 415 g/mol. The summed E-state index contributed by atoms with van der Waals surface area (Å²) in [6.45, 7) is 2.20. The van der Waals surface area contributed by atoms with Gasteiger partial charge in [0, 0.05) is 0 Å². The first-order valence-corrected chi connectivity index (χ1v) is 9.25. The lowest BCUT2D eigenvalue weighted by Crippen LogP contribution is -2.33. The number of anilines is 2. The van der Waals surface area contributed by atoms with Gasteiger partial charge in [0.2, 0.25) is 11.6 Å². The van der Waals surface area contributed by atoms with Gasteiger partial charge in [0.25, 0.3) is 0 Å². The number of rotatable bonds is 2. The number of nitrogens with two attached hydrogens (primary N) is 1. The van der Waals surface area contributed by atoms with Crippen molar-refractivity contribution >= 4 is 23.4 Å². The molecule has 1 aromatic heterocycles. The molecule has 0 fully saturated rings. The Balaban J connectivity index is 2.14. The number of aromatic nitrogens is 2. The number of hydrogen-bond acceptors (Lipinski definition) is 9. The van der Waals surface area contributed by atoms with Gasteiger partial charge in [0.15, 0.2) is 0 Å². The van der Waals surface area contributed by atoms with E-state index >= 15 is 0 Å². The molecule has 0 saturated carbocycles. The predicted octanol–water partition coefficient (Wildman–Crippen LogP) is 2.85. The first-order valence-electron chi connectivity index (χ1n) is 9.25. The zero-order valence-corrected chi connectivity index (χ0v) is 16.3. The van der Waals surface area contributed by atoms with Crippen LogP contribution in [0.3, 0.4) is 0 Å². The van der Waals surface area contributed by atoms with Gasteiger partial charge in [0.1, 0.15) is 12.4 Å². The molecule has 0 radical (unpaired) electrons. The van der Waals surface area contributed by atoms with Gasteiger partial charge in [-0.2, -0.15) is 9.97 Å². The van der Waals surface area contributed by atoms with E-state index < -0.39 is 22.5 Å². The highest BCUT2D eigenvalue weighted by molar-refractivity contribution is 5.90. The second kappa shape index (κ2) is 9.54. The number of fused-ring (bicyclic) bond motifs is 4. The third-order valence-corrected chi connectivity index (χ3v) is 4.07. The molecule has 11 heteroatoms. The lowest BCUT2D eigenvalue weighted by atomic mass is 10.2. The van der Waals surface area contributed by atoms with Gasteiger partial charge in [0.05, 0.1) is 24.7 Å². The van der Waals surface area contributed by atoms with Crippen LogP contribution in [0.1, 0.15) is 18.9 Å². The first kappa shape index (κ1) is 20.8. The van der Waals surface area contributed by atoms with E-state index in [1.807, 2.05) is 12.2 Å². The molecule has 0 unspecified atom stereocenters. The van der Waals surface area contributed by atoms with Crippen LogP contribution in [-0.2, 0) is 11.3 Å². The third kappa shape index (κ3) is 4.93. The fourth-order valence-corrected chi connectivity index (χ4v) is 2.76. The van der Waals surface area contributed by atoms with E-state index in [-0.39, 0.29) is 31.6 Å². The van der Waals surface area contributed by atoms with E-state index in [0.717, 1.165) is 4.90 Å². The summed E-state index contributed by atoms with van der Waals surface area (Å²) in [6.07, 6.45) is 3.42. The highest BCUT2D eigenvalue weighted by Crippen LogP contribution is 2.34. The van der Waals surface area contributed by atoms with Gasteiger partial charge in [-0.05, 0) is 31.0 Å². The van der Waals surface area contributed by atoms with Crippen molar-refractivity contribution in [3.05, 3.63) is 52.1 Å². The SMILES string of the molecule is CCOC(=O)N1Cc2cccc(c2)OC/C=C/CCOc2nc(N)c([N+](=O)[O-])c1n2. The molecule has 1 aliphatic rings. The van der Waals surface area contributed by atoms with E-state index in [2.05, 4.69) is 9.97 Å². The van der Waals surface area contributed by atoms with Crippen LogP contribution in [-0.4, -0.2) is 40.8 Å². The fourth-order valence-electron chi connectivity index (χ4n) is 2.76. The van der Waals surface area contributed by atoms with Gasteiger partial charge in [-0.1, -0.05) is 24.3 Å². The molecule has 2 heterocycles. The molecule has 3 rings (SSSR count). The summed E-state index contributed by atoms with van der Waals surface area (Å²) in [6, 6.07) is 6.84. The normalized spacial score (nSPS) is 15.0. The van der Waals surface area contributed by atoms with Crippen molar-refractivity contribution in [2.45, 2.75) is 19.9 Å². The summed E-state index contributed by atoms with van der Waals surface area (Å²) in [5.74, 6) is -0.131. The van der Waals surface area contributed by atoms with Gasteiger partial charge >= 0.3 is 17.8 Å². The van der Waals surface area contributed by atoms with Gasteiger partial charge < -0.3 is 19.9 Å². The molecule has 4 bridgehead atoms. The molecule has 0 atom stereocenters. The molecule has 0 spiro atoms. The summed E-state index contributed by atoms with van der Waals surface area (Å²) < 4.78 is 16.2. The summed E-state index contributed by atoms with van der Waals surface area (Å²) in [5, 5.41) is 11.7. The molecular formula is C19H21N5O6. The van der Waals surface area contributed by atoms with Gasteiger partial charge in [-0.25, -0.2) is 4.79 Å². The first-order chi connectivity index (χ1) is 14.5. The number of hydrogen-bond donors (Lipinski definition) is 1. The maximum Gasteiger partial charge on any atom is 0.415 e.